The first-order valence-corrected chi connectivity index (χ1v) is 4.15. The molecular formula is C9H15NO2. The molecule has 0 aliphatic rings. The number of rotatable bonds is 4. The van der Waals surface area contributed by atoms with Gasteiger partial charge in [-0.25, -0.2) is 0 Å². The molecule has 2 N–H and O–H groups in total. The summed E-state index contributed by atoms with van der Waals surface area (Å²) in [6.45, 7) is 4.34. The monoisotopic (exact) mass is 169 g/mol. The second-order valence-corrected chi connectivity index (χ2v) is 2.99. The first-order valence-electron chi connectivity index (χ1n) is 4.15. The Kier molecular flexibility index (Phi) is 3.31. The average Bonchev–Trinajstić information content (AvgIpc) is 2.51. The fourth-order valence-corrected chi connectivity index (χ4v) is 0.986. The molecule has 0 aromatic carbocycles. The third kappa shape index (κ3) is 2.68. The highest BCUT2D eigenvalue weighted by Crippen LogP contribution is 2.11. The number of hydrogen-bond donors (Lipinski definition) is 2. The van der Waals surface area contributed by atoms with Crippen LogP contribution in [0.25, 0.3) is 0 Å². The molecule has 1 heterocycles. The average molecular weight is 169 g/mol. The van der Waals surface area contributed by atoms with Crippen LogP contribution in [0.4, 0.5) is 0 Å². The zero-order chi connectivity index (χ0) is 8.97. The third-order valence-electron chi connectivity index (χ3n) is 1.69. The van der Waals surface area contributed by atoms with Gasteiger partial charge >= 0.3 is 0 Å². The summed E-state index contributed by atoms with van der Waals surface area (Å²) >= 11 is 0. The molecule has 0 aliphatic heterocycles. The van der Waals surface area contributed by atoms with E-state index in [1.165, 1.54) is 0 Å². The highest BCUT2D eigenvalue weighted by molar-refractivity contribution is 5.02. The Balaban J connectivity index is 2.34. The zero-order valence-electron chi connectivity index (χ0n) is 7.45. The van der Waals surface area contributed by atoms with Crippen molar-refractivity contribution >= 4 is 0 Å². The number of aliphatic hydroxyl groups excluding tert-OH is 1. The predicted molar refractivity (Wildman–Crippen MR) is 46.8 cm³/mol. The van der Waals surface area contributed by atoms with E-state index < -0.39 is 0 Å². The summed E-state index contributed by atoms with van der Waals surface area (Å²) in [5, 5.41) is 12.1. The highest BCUT2D eigenvalue weighted by Gasteiger charge is 2.07. The standard InChI is InChI=1S/C9H15NO2/c1-7(11)6-10-8(2)9-4-3-5-12-9/h3-5,7-8,10-11H,6H2,1-2H3/t7-,8+/m0/s1. The minimum absolute atomic E-state index is 0.162. The molecule has 0 amide bonds. The van der Waals surface area contributed by atoms with Crippen LogP contribution in [0.15, 0.2) is 22.8 Å². The summed E-state index contributed by atoms with van der Waals surface area (Å²) in [4.78, 5) is 0. The Morgan fingerprint density at radius 2 is 2.33 bits per heavy atom. The molecule has 0 radical (unpaired) electrons. The Labute approximate surface area is 72.4 Å². The van der Waals surface area contributed by atoms with Crippen molar-refractivity contribution in [2.75, 3.05) is 6.54 Å². The van der Waals surface area contributed by atoms with E-state index in [0.717, 1.165) is 5.76 Å². The van der Waals surface area contributed by atoms with E-state index in [1.807, 2.05) is 19.1 Å². The predicted octanol–water partition coefficient (Wildman–Crippen LogP) is 1.31. The van der Waals surface area contributed by atoms with Crippen LogP contribution < -0.4 is 5.32 Å². The van der Waals surface area contributed by atoms with E-state index in [4.69, 9.17) is 9.52 Å². The maximum Gasteiger partial charge on any atom is 0.120 e. The SMILES string of the molecule is C[C@H](O)CN[C@H](C)c1ccco1. The van der Waals surface area contributed by atoms with Gasteiger partial charge in [0.25, 0.3) is 0 Å². The van der Waals surface area contributed by atoms with E-state index in [9.17, 15) is 0 Å². The molecule has 0 fully saturated rings. The van der Waals surface area contributed by atoms with Gasteiger partial charge in [0.05, 0.1) is 18.4 Å². The molecule has 0 saturated heterocycles. The lowest BCUT2D eigenvalue weighted by Gasteiger charge is -2.12. The van der Waals surface area contributed by atoms with E-state index in [-0.39, 0.29) is 12.1 Å². The summed E-state index contributed by atoms with van der Waals surface area (Å²) in [6.07, 6.45) is 1.33. The summed E-state index contributed by atoms with van der Waals surface area (Å²) in [5.74, 6) is 0.899. The molecule has 0 unspecified atom stereocenters. The molecule has 0 spiro atoms. The van der Waals surface area contributed by atoms with E-state index in [2.05, 4.69) is 5.32 Å². The minimum Gasteiger partial charge on any atom is -0.468 e. The number of nitrogens with one attached hydrogen (secondary N) is 1. The van der Waals surface area contributed by atoms with Crippen molar-refractivity contribution in [3.05, 3.63) is 24.2 Å². The molecule has 3 nitrogen and oxygen atoms in total. The molecule has 12 heavy (non-hydrogen) atoms. The van der Waals surface area contributed by atoms with Crippen LogP contribution in [0.2, 0.25) is 0 Å². The van der Waals surface area contributed by atoms with Gasteiger partial charge in [0.2, 0.25) is 0 Å². The van der Waals surface area contributed by atoms with Crippen molar-refractivity contribution in [1.82, 2.24) is 5.32 Å². The van der Waals surface area contributed by atoms with Gasteiger partial charge in [0, 0.05) is 6.54 Å². The second kappa shape index (κ2) is 4.28. The summed E-state index contributed by atoms with van der Waals surface area (Å²) in [7, 11) is 0. The number of furan rings is 1. The van der Waals surface area contributed by atoms with Crippen LogP contribution in [0.3, 0.4) is 0 Å². The van der Waals surface area contributed by atoms with Crippen LogP contribution in [0.1, 0.15) is 25.6 Å². The molecule has 68 valence electrons. The first kappa shape index (κ1) is 9.29. The van der Waals surface area contributed by atoms with Gasteiger partial charge in [-0.3, -0.25) is 0 Å². The van der Waals surface area contributed by atoms with Gasteiger partial charge < -0.3 is 14.8 Å². The fourth-order valence-electron chi connectivity index (χ4n) is 0.986. The summed E-state index contributed by atoms with van der Waals surface area (Å²) < 4.78 is 5.18. The number of hydrogen-bond acceptors (Lipinski definition) is 3. The lowest BCUT2D eigenvalue weighted by molar-refractivity contribution is 0.185. The van der Waals surface area contributed by atoms with Gasteiger partial charge in [-0.15, -0.1) is 0 Å². The molecule has 0 saturated carbocycles. The lowest BCUT2D eigenvalue weighted by atomic mass is 10.2. The van der Waals surface area contributed by atoms with Gasteiger partial charge in [0.1, 0.15) is 5.76 Å². The Morgan fingerprint density at radius 3 is 2.83 bits per heavy atom. The molecule has 2 atom stereocenters. The first-order chi connectivity index (χ1) is 5.70. The highest BCUT2D eigenvalue weighted by atomic mass is 16.3. The Morgan fingerprint density at radius 1 is 1.58 bits per heavy atom. The molecular weight excluding hydrogens is 154 g/mol. The van der Waals surface area contributed by atoms with Crippen LogP contribution in [0, 0.1) is 0 Å². The topological polar surface area (TPSA) is 45.4 Å². The van der Waals surface area contributed by atoms with Crippen LogP contribution in [0.5, 0.6) is 0 Å². The van der Waals surface area contributed by atoms with Crippen molar-refractivity contribution in [1.29, 1.82) is 0 Å². The van der Waals surface area contributed by atoms with Crippen LogP contribution >= 0.6 is 0 Å². The van der Waals surface area contributed by atoms with Crippen molar-refractivity contribution in [3.8, 4) is 0 Å². The van der Waals surface area contributed by atoms with Gasteiger partial charge in [-0.1, -0.05) is 0 Å². The lowest BCUT2D eigenvalue weighted by Crippen LogP contribution is -2.26. The van der Waals surface area contributed by atoms with Crippen molar-refractivity contribution < 1.29 is 9.52 Å². The fraction of sp³-hybridized carbons (Fsp3) is 0.556. The molecule has 1 aromatic rings. The zero-order valence-corrected chi connectivity index (χ0v) is 7.45. The molecule has 1 rings (SSSR count). The van der Waals surface area contributed by atoms with Gasteiger partial charge in [-0.2, -0.15) is 0 Å². The molecule has 1 aromatic heterocycles. The van der Waals surface area contributed by atoms with Crippen molar-refractivity contribution in [3.63, 3.8) is 0 Å². The summed E-state index contributed by atoms with van der Waals surface area (Å²) in [5.41, 5.74) is 0. The normalized spacial score (nSPS) is 15.9. The molecule has 0 aliphatic carbocycles. The largest absolute Gasteiger partial charge is 0.468 e. The Hall–Kier alpha value is -0.800. The van der Waals surface area contributed by atoms with E-state index >= 15 is 0 Å². The summed E-state index contributed by atoms with van der Waals surface area (Å²) in [6, 6.07) is 3.94. The smallest absolute Gasteiger partial charge is 0.120 e. The van der Waals surface area contributed by atoms with Crippen molar-refractivity contribution in [2.24, 2.45) is 0 Å². The second-order valence-electron chi connectivity index (χ2n) is 2.99. The van der Waals surface area contributed by atoms with E-state index in [0.29, 0.717) is 6.54 Å². The third-order valence-corrected chi connectivity index (χ3v) is 1.69. The van der Waals surface area contributed by atoms with E-state index in [1.54, 1.807) is 13.2 Å². The van der Waals surface area contributed by atoms with Gasteiger partial charge in [-0.05, 0) is 26.0 Å². The molecule has 0 bridgehead atoms. The maximum atomic E-state index is 9.01. The minimum atomic E-state index is -0.317. The number of aliphatic hydroxyl groups is 1. The maximum absolute atomic E-state index is 9.01. The van der Waals surface area contributed by atoms with Crippen molar-refractivity contribution in [2.45, 2.75) is 26.0 Å². The van der Waals surface area contributed by atoms with Crippen LogP contribution in [-0.4, -0.2) is 17.8 Å². The van der Waals surface area contributed by atoms with Gasteiger partial charge in [0.15, 0.2) is 0 Å². The molecule has 3 heteroatoms. The Bertz CT molecular complexity index is 206. The quantitative estimate of drug-likeness (QED) is 0.714. The van der Waals surface area contributed by atoms with Crippen LogP contribution in [-0.2, 0) is 0 Å².